The molecule has 0 bridgehead atoms. The van der Waals surface area contributed by atoms with Crippen LogP contribution in [0, 0.1) is 44.1 Å². The Balaban J connectivity index is 3.23. The minimum Gasteiger partial charge on any atom is -0.487 e. The number of hydrogen-bond acceptors (Lipinski definition) is 7. The number of ether oxygens (including phenoxy) is 1. The van der Waals surface area contributed by atoms with Crippen molar-refractivity contribution in [1.82, 2.24) is 0 Å². The van der Waals surface area contributed by atoms with Crippen molar-refractivity contribution in [2.45, 2.75) is 6.43 Å². The Morgan fingerprint density at radius 3 is 2.39 bits per heavy atom. The first-order valence-corrected chi connectivity index (χ1v) is 5.83. The Morgan fingerprint density at radius 2 is 1.91 bits per heavy atom. The molecule has 0 spiro atoms. The Kier molecular flexibility index (Phi) is 5.96. The van der Waals surface area contributed by atoms with E-state index in [1.807, 2.05) is 0 Å². The molecule has 0 saturated carbocycles. The van der Waals surface area contributed by atoms with Gasteiger partial charge in [-0.15, -0.1) is 0 Å². The van der Waals surface area contributed by atoms with E-state index in [0.717, 1.165) is 18.2 Å². The number of hydrogen-bond donors (Lipinski definition) is 1. The number of benzene rings is 1. The van der Waals surface area contributed by atoms with Gasteiger partial charge in [0.1, 0.15) is 36.3 Å². The van der Waals surface area contributed by atoms with Gasteiger partial charge >= 0.3 is 0 Å². The van der Waals surface area contributed by atoms with E-state index in [2.05, 4.69) is 5.32 Å². The number of non-ortho nitro benzene ring substituents is 1. The summed E-state index contributed by atoms with van der Waals surface area (Å²) in [6.45, 7) is -0.969. The minimum absolute atomic E-state index is 0.0667. The summed E-state index contributed by atoms with van der Waals surface area (Å²) in [7, 11) is 0. The molecule has 23 heavy (non-hydrogen) atoms. The maximum Gasteiger partial charge on any atom is 0.275 e. The first-order valence-electron chi connectivity index (χ1n) is 5.83. The van der Waals surface area contributed by atoms with Crippen LogP contribution in [-0.4, -0.2) is 18.0 Å². The van der Waals surface area contributed by atoms with Gasteiger partial charge in [0, 0.05) is 17.8 Å². The van der Waals surface area contributed by atoms with Gasteiger partial charge in [-0.1, -0.05) is 0 Å². The van der Waals surface area contributed by atoms with Crippen molar-refractivity contribution >= 4 is 11.4 Å². The van der Waals surface area contributed by atoms with Crippen molar-refractivity contribution in [3.63, 3.8) is 0 Å². The smallest absolute Gasteiger partial charge is 0.275 e. The minimum atomic E-state index is -2.77. The number of rotatable bonds is 6. The molecule has 1 aromatic rings. The van der Waals surface area contributed by atoms with Crippen molar-refractivity contribution in [1.29, 1.82) is 15.8 Å². The summed E-state index contributed by atoms with van der Waals surface area (Å²) in [5.41, 5.74) is -1.51. The molecule has 0 unspecified atom stereocenters. The first-order chi connectivity index (χ1) is 10.9. The maximum absolute atomic E-state index is 12.1. The fourth-order valence-electron chi connectivity index (χ4n) is 1.43. The number of nitriles is 3. The molecular weight excluding hydrogens is 312 g/mol. The number of anilines is 1. The van der Waals surface area contributed by atoms with Crippen LogP contribution in [0.15, 0.2) is 29.5 Å². The summed E-state index contributed by atoms with van der Waals surface area (Å²) >= 11 is 0. The topological polar surface area (TPSA) is 136 Å². The average Bonchev–Trinajstić information content (AvgIpc) is 2.52. The van der Waals surface area contributed by atoms with Crippen LogP contribution >= 0.6 is 0 Å². The second-order valence-electron chi connectivity index (χ2n) is 3.89. The summed E-state index contributed by atoms with van der Waals surface area (Å²) in [4.78, 5) is 10.1. The number of nitrogens with one attached hydrogen (secondary N) is 1. The van der Waals surface area contributed by atoms with E-state index in [1.165, 1.54) is 12.1 Å². The van der Waals surface area contributed by atoms with Crippen LogP contribution in [0.25, 0.3) is 0 Å². The van der Waals surface area contributed by atoms with Crippen LogP contribution in [0.1, 0.15) is 0 Å². The van der Waals surface area contributed by atoms with Gasteiger partial charge in [-0.05, 0) is 0 Å². The van der Waals surface area contributed by atoms with E-state index in [1.54, 1.807) is 6.07 Å². The monoisotopic (exact) mass is 319 g/mol. The van der Waals surface area contributed by atoms with Gasteiger partial charge < -0.3 is 10.1 Å². The predicted octanol–water partition coefficient (Wildman–Crippen LogP) is 2.48. The van der Waals surface area contributed by atoms with Crippen LogP contribution in [0.2, 0.25) is 0 Å². The average molecular weight is 319 g/mol. The molecule has 1 rings (SSSR count). The normalized spacial score (nSPS) is 9.22. The van der Waals surface area contributed by atoms with E-state index >= 15 is 0 Å². The van der Waals surface area contributed by atoms with Crippen LogP contribution in [0.5, 0.6) is 5.75 Å². The Morgan fingerprint density at radius 1 is 1.26 bits per heavy atom. The molecule has 0 heterocycles. The van der Waals surface area contributed by atoms with Crippen molar-refractivity contribution < 1.29 is 18.4 Å². The Labute approximate surface area is 128 Å². The lowest BCUT2D eigenvalue weighted by molar-refractivity contribution is -0.384. The van der Waals surface area contributed by atoms with Crippen LogP contribution in [0.4, 0.5) is 20.2 Å². The number of halogens is 2. The van der Waals surface area contributed by atoms with Gasteiger partial charge in [0.15, 0.2) is 5.57 Å². The van der Waals surface area contributed by atoms with Crippen LogP contribution in [0.3, 0.4) is 0 Å². The van der Waals surface area contributed by atoms with Gasteiger partial charge in [0.2, 0.25) is 0 Å². The summed E-state index contributed by atoms with van der Waals surface area (Å²) in [5.74, 6) is -0.227. The van der Waals surface area contributed by atoms with E-state index < -0.39 is 34.9 Å². The lowest BCUT2D eigenvalue weighted by Gasteiger charge is -2.09. The SMILES string of the molecule is N#CC(C#N)=C(C#N)Nc1cc(OCC(F)F)cc([N+](=O)[O-])c1. The van der Waals surface area contributed by atoms with E-state index in [9.17, 15) is 18.9 Å². The van der Waals surface area contributed by atoms with Gasteiger partial charge in [0.25, 0.3) is 12.1 Å². The van der Waals surface area contributed by atoms with Gasteiger partial charge in [-0.3, -0.25) is 10.1 Å². The third kappa shape index (κ3) is 4.96. The fraction of sp³-hybridized carbons (Fsp3) is 0.154. The van der Waals surface area contributed by atoms with Crippen LogP contribution < -0.4 is 10.1 Å². The van der Waals surface area contributed by atoms with Crippen molar-refractivity contribution in [2.75, 3.05) is 11.9 Å². The quantitative estimate of drug-likeness (QED) is 0.483. The predicted molar refractivity (Wildman–Crippen MR) is 72.1 cm³/mol. The number of nitrogens with zero attached hydrogens (tertiary/aromatic N) is 4. The largest absolute Gasteiger partial charge is 0.487 e. The highest BCUT2D eigenvalue weighted by Crippen LogP contribution is 2.27. The molecule has 0 radical (unpaired) electrons. The van der Waals surface area contributed by atoms with Crippen molar-refractivity contribution in [3.8, 4) is 24.0 Å². The first kappa shape index (κ1) is 17.3. The van der Waals surface area contributed by atoms with Crippen molar-refractivity contribution in [2.24, 2.45) is 0 Å². The molecule has 1 aromatic carbocycles. The zero-order chi connectivity index (χ0) is 17.4. The summed E-state index contributed by atoms with van der Waals surface area (Å²) in [6, 6.07) is 7.58. The molecule has 1 N–H and O–H groups in total. The molecule has 0 aliphatic heterocycles. The van der Waals surface area contributed by atoms with Crippen LogP contribution in [-0.2, 0) is 0 Å². The van der Waals surface area contributed by atoms with Crippen molar-refractivity contribution in [3.05, 3.63) is 39.6 Å². The molecule has 0 aliphatic carbocycles. The molecule has 0 aliphatic rings. The number of allylic oxidation sites excluding steroid dienone is 2. The standard InChI is InChI=1S/C13H7F2N5O3/c14-13(15)7-23-11-2-9(1-10(3-11)20(21)22)19-12(6-18)8(4-16)5-17/h1-3,13,19H,7H2. The summed E-state index contributed by atoms with van der Waals surface area (Å²) < 4.78 is 29.0. The Hall–Kier alpha value is -3.71. The van der Waals surface area contributed by atoms with E-state index in [4.69, 9.17) is 20.5 Å². The van der Waals surface area contributed by atoms with E-state index in [-0.39, 0.29) is 11.4 Å². The molecule has 0 fully saturated rings. The third-order valence-electron chi connectivity index (χ3n) is 2.33. The van der Waals surface area contributed by atoms with Gasteiger partial charge in [-0.2, -0.15) is 15.8 Å². The van der Waals surface area contributed by atoms with E-state index in [0.29, 0.717) is 0 Å². The molecule has 116 valence electrons. The number of alkyl halides is 2. The summed E-state index contributed by atoms with van der Waals surface area (Å²) in [6.07, 6.45) is -2.77. The third-order valence-corrected chi connectivity index (χ3v) is 2.33. The molecule has 0 aromatic heterocycles. The zero-order valence-corrected chi connectivity index (χ0v) is 11.3. The number of nitro benzene ring substituents is 1. The molecule has 0 atom stereocenters. The molecular formula is C13H7F2N5O3. The molecule has 10 heteroatoms. The lowest BCUT2D eigenvalue weighted by Crippen LogP contribution is -2.08. The van der Waals surface area contributed by atoms with Gasteiger partial charge in [0.05, 0.1) is 11.0 Å². The van der Waals surface area contributed by atoms with Gasteiger partial charge in [-0.25, -0.2) is 8.78 Å². The Bertz CT molecular complexity index is 755. The fourth-order valence-corrected chi connectivity index (χ4v) is 1.43. The second kappa shape index (κ2) is 7.91. The highest BCUT2D eigenvalue weighted by molar-refractivity contribution is 5.63. The highest BCUT2D eigenvalue weighted by Gasteiger charge is 2.14. The second-order valence-corrected chi connectivity index (χ2v) is 3.89. The molecule has 0 saturated heterocycles. The summed E-state index contributed by atoms with van der Waals surface area (Å²) in [5, 5.41) is 39.5. The highest BCUT2D eigenvalue weighted by atomic mass is 19.3. The molecule has 8 nitrogen and oxygen atoms in total. The molecule has 0 amide bonds. The lowest BCUT2D eigenvalue weighted by atomic mass is 10.2. The number of nitro groups is 1. The zero-order valence-electron chi connectivity index (χ0n) is 11.3. The maximum atomic E-state index is 12.1.